The number of hydrogen-bond acceptors (Lipinski definition) is 4. The van der Waals surface area contributed by atoms with Gasteiger partial charge in [-0.05, 0) is 67.0 Å². The summed E-state index contributed by atoms with van der Waals surface area (Å²) in [4.78, 5) is 33.6. The molecule has 0 fully saturated rings. The molecule has 0 bridgehead atoms. The summed E-state index contributed by atoms with van der Waals surface area (Å²) in [5.74, 6) is -0.524. The van der Waals surface area contributed by atoms with E-state index in [2.05, 4.69) is 51.8 Å². The summed E-state index contributed by atoms with van der Waals surface area (Å²) in [5.41, 5.74) is 1.80. The number of carbonyl (C=O) groups is 2. The highest BCUT2D eigenvalue weighted by Crippen LogP contribution is 2.33. The Kier molecular flexibility index (Phi) is 7.77. The predicted octanol–water partition coefficient (Wildman–Crippen LogP) is 6.69. The maximum absolute atomic E-state index is 14.0. The van der Waals surface area contributed by atoms with Gasteiger partial charge in [-0.25, -0.2) is 0 Å². The second-order valence-corrected chi connectivity index (χ2v) is 12.2. The Morgan fingerprint density at radius 2 is 1.61 bits per heavy atom. The molecule has 0 radical (unpaired) electrons. The molecule has 6 nitrogen and oxygen atoms in total. The van der Waals surface area contributed by atoms with E-state index in [0.29, 0.717) is 11.3 Å². The quantitative estimate of drug-likeness (QED) is 0.401. The first-order chi connectivity index (χ1) is 16.7. The number of furan rings is 1. The molecule has 2 heterocycles. The lowest BCUT2D eigenvalue weighted by molar-refractivity contribution is -0.124. The normalized spacial score (nSPS) is 13.2. The van der Waals surface area contributed by atoms with Crippen LogP contribution in [0.25, 0.3) is 0 Å². The largest absolute Gasteiger partial charge is 0.459 e. The fourth-order valence-electron chi connectivity index (χ4n) is 4.75. The van der Waals surface area contributed by atoms with Crippen LogP contribution in [0.2, 0.25) is 0 Å². The van der Waals surface area contributed by atoms with Gasteiger partial charge in [-0.1, -0.05) is 59.7 Å². The lowest BCUT2D eigenvalue weighted by Crippen LogP contribution is -2.52. The van der Waals surface area contributed by atoms with E-state index >= 15 is 0 Å². The van der Waals surface area contributed by atoms with E-state index in [9.17, 15) is 9.59 Å². The lowest BCUT2D eigenvalue weighted by Gasteiger charge is -2.37. The molecule has 0 saturated carbocycles. The van der Waals surface area contributed by atoms with E-state index < -0.39 is 17.5 Å². The van der Waals surface area contributed by atoms with Crippen LogP contribution in [-0.4, -0.2) is 22.3 Å². The van der Waals surface area contributed by atoms with E-state index in [4.69, 9.17) is 4.42 Å². The van der Waals surface area contributed by atoms with Gasteiger partial charge in [0.2, 0.25) is 5.91 Å². The number of anilines is 1. The number of nitrogens with zero attached hydrogens (tertiary/aromatic N) is 2. The van der Waals surface area contributed by atoms with Gasteiger partial charge >= 0.3 is 0 Å². The summed E-state index contributed by atoms with van der Waals surface area (Å²) in [5, 5.41) is 3.21. The molecule has 0 aliphatic carbocycles. The van der Waals surface area contributed by atoms with Gasteiger partial charge in [0.25, 0.3) is 5.91 Å². The van der Waals surface area contributed by atoms with Crippen molar-refractivity contribution in [3.63, 3.8) is 0 Å². The van der Waals surface area contributed by atoms with Crippen LogP contribution in [0.3, 0.4) is 0 Å². The molecule has 36 heavy (non-hydrogen) atoms. The number of nitrogens with one attached hydrogen (secondary N) is 1. The van der Waals surface area contributed by atoms with Crippen molar-refractivity contribution in [3.05, 3.63) is 84.1 Å². The van der Waals surface area contributed by atoms with Gasteiger partial charge < -0.3 is 9.73 Å². The third kappa shape index (κ3) is 6.84. The van der Waals surface area contributed by atoms with Crippen molar-refractivity contribution in [2.45, 2.75) is 78.8 Å². The van der Waals surface area contributed by atoms with Gasteiger partial charge in [-0.2, -0.15) is 0 Å². The Balaban J connectivity index is 2.12. The van der Waals surface area contributed by atoms with Crippen LogP contribution >= 0.6 is 0 Å². The zero-order valence-electron chi connectivity index (χ0n) is 22.8. The first-order valence-electron chi connectivity index (χ1n) is 12.4. The molecule has 3 rings (SSSR count). The first-order valence-corrected chi connectivity index (χ1v) is 12.4. The molecule has 1 atom stereocenters. The number of benzene rings is 1. The summed E-state index contributed by atoms with van der Waals surface area (Å²) in [6.45, 7) is 16.8. The summed E-state index contributed by atoms with van der Waals surface area (Å²) in [6, 6.07) is 13.7. The molecule has 0 aliphatic heterocycles. The van der Waals surface area contributed by atoms with Crippen LogP contribution < -0.4 is 10.2 Å². The van der Waals surface area contributed by atoms with E-state index in [1.54, 1.807) is 30.6 Å². The highest BCUT2D eigenvalue weighted by Gasteiger charge is 2.37. The number of aromatic nitrogens is 1. The van der Waals surface area contributed by atoms with Crippen molar-refractivity contribution in [2.75, 3.05) is 4.90 Å². The molecule has 0 spiro atoms. The third-order valence-corrected chi connectivity index (χ3v) is 5.90. The monoisotopic (exact) mass is 489 g/mol. The van der Waals surface area contributed by atoms with Crippen LogP contribution in [-0.2, 0) is 10.2 Å². The molecule has 1 aromatic carbocycles. The lowest BCUT2D eigenvalue weighted by atomic mass is 9.81. The standard InChI is InChI=1S/C30H39N3O3/c1-28(2,3)20-30(7,8)32-26(34)25(21-11-9-17-31-19-21)33(27(35)24-12-10-18-36-24)23-15-13-22(14-16-23)29(4,5)6/h9-19,25H,20H2,1-8H3,(H,32,34). The van der Waals surface area contributed by atoms with Crippen LogP contribution in [0.1, 0.15) is 89.5 Å². The first kappa shape index (κ1) is 27.2. The number of rotatable bonds is 7. The topological polar surface area (TPSA) is 75.4 Å². The Hall–Kier alpha value is -3.41. The number of pyridine rings is 1. The molecule has 0 aliphatic rings. The Labute approximate surface area is 215 Å². The number of amides is 2. The number of carbonyl (C=O) groups excluding carboxylic acids is 2. The average Bonchev–Trinajstić information content (AvgIpc) is 3.30. The van der Waals surface area contributed by atoms with Crippen molar-refractivity contribution in [1.82, 2.24) is 10.3 Å². The molecule has 1 unspecified atom stereocenters. The molecular weight excluding hydrogens is 450 g/mol. The van der Waals surface area contributed by atoms with Crippen LogP contribution in [0.15, 0.2) is 71.6 Å². The smallest absolute Gasteiger partial charge is 0.294 e. The highest BCUT2D eigenvalue weighted by atomic mass is 16.3. The summed E-state index contributed by atoms with van der Waals surface area (Å²) >= 11 is 0. The maximum atomic E-state index is 14.0. The molecule has 2 amide bonds. The molecule has 0 saturated heterocycles. The van der Waals surface area contributed by atoms with E-state index in [-0.39, 0.29) is 22.5 Å². The van der Waals surface area contributed by atoms with Crippen LogP contribution in [0, 0.1) is 5.41 Å². The SMILES string of the molecule is CC(C)(C)CC(C)(C)NC(=O)C(c1cccnc1)N(C(=O)c1ccco1)c1ccc(C(C)(C)C)cc1. The summed E-state index contributed by atoms with van der Waals surface area (Å²) in [6.07, 6.45) is 5.50. The summed E-state index contributed by atoms with van der Waals surface area (Å²) in [7, 11) is 0. The Bertz CT molecular complexity index is 1150. The minimum Gasteiger partial charge on any atom is -0.459 e. The zero-order chi connectivity index (χ0) is 26.7. The van der Waals surface area contributed by atoms with Gasteiger partial charge in [0.1, 0.15) is 6.04 Å². The van der Waals surface area contributed by atoms with Crippen molar-refractivity contribution >= 4 is 17.5 Å². The van der Waals surface area contributed by atoms with Gasteiger partial charge in [0.15, 0.2) is 5.76 Å². The Morgan fingerprint density at radius 3 is 2.11 bits per heavy atom. The Morgan fingerprint density at radius 1 is 0.944 bits per heavy atom. The number of hydrogen-bond donors (Lipinski definition) is 1. The van der Waals surface area contributed by atoms with Gasteiger partial charge in [0, 0.05) is 29.2 Å². The zero-order valence-corrected chi connectivity index (χ0v) is 22.8. The minimum atomic E-state index is -0.948. The van der Waals surface area contributed by atoms with Crippen molar-refractivity contribution in [3.8, 4) is 0 Å². The molecular formula is C30H39N3O3. The molecule has 6 heteroatoms. The summed E-state index contributed by atoms with van der Waals surface area (Å²) < 4.78 is 5.47. The highest BCUT2D eigenvalue weighted by molar-refractivity contribution is 6.08. The van der Waals surface area contributed by atoms with Gasteiger partial charge in [-0.3, -0.25) is 19.5 Å². The van der Waals surface area contributed by atoms with Crippen molar-refractivity contribution in [2.24, 2.45) is 5.41 Å². The van der Waals surface area contributed by atoms with Crippen LogP contribution in [0.5, 0.6) is 0 Å². The van der Waals surface area contributed by atoms with Crippen molar-refractivity contribution in [1.29, 1.82) is 0 Å². The minimum absolute atomic E-state index is 0.00699. The second kappa shape index (κ2) is 10.3. The maximum Gasteiger partial charge on any atom is 0.294 e. The third-order valence-electron chi connectivity index (χ3n) is 5.90. The van der Waals surface area contributed by atoms with Crippen molar-refractivity contribution < 1.29 is 14.0 Å². The van der Waals surface area contributed by atoms with E-state index in [1.807, 2.05) is 44.2 Å². The fourth-order valence-corrected chi connectivity index (χ4v) is 4.75. The predicted molar refractivity (Wildman–Crippen MR) is 144 cm³/mol. The van der Waals surface area contributed by atoms with Gasteiger partial charge in [0.05, 0.1) is 6.26 Å². The second-order valence-electron chi connectivity index (χ2n) is 12.2. The van der Waals surface area contributed by atoms with Crippen LogP contribution in [0.4, 0.5) is 5.69 Å². The van der Waals surface area contributed by atoms with Gasteiger partial charge in [-0.15, -0.1) is 0 Å². The molecule has 192 valence electrons. The molecule has 1 N–H and O–H groups in total. The van der Waals surface area contributed by atoms with E-state index in [0.717, 1.165) is 12.0 Å². The molecule has 2 aromatic heterocycles. The average molecular weight is 490 g/mol. The van der Waals surface area contributed by atoms with E-state index in [1.165, 1.54) is 11.2 Å². The molecule has 3 aromatic rings. The fraction of sp³-hybridized carbons (Fsp3) is 0.433.